The Kier molecular flexibility index (Phi) is 10.6. The van der Waals surface area contributed by atoms with Crippen molar-refractivity contribution in [2.45, 2.75) is 32.2 Å². The molecule has 15 heteroatoms. The molecule has 1 aromatic heterocycles. The normalized spacial score (nSPS) is 18.1. The Labute approximate surface area is 287 Å². The molecule has 1 atom stereocenters. The van der Waals surface area contributed by atoms with Gasteiger partial charge in [0.2, 0.25) is 5.95 Å². The lowest BCUT2D eigenvalue weighted by Gasteiger charge is -2.43. The third-order valence-electron chi connectivity index (χ3n) is 9.12. The fourth-order valence-corrected chi connectivity index (χ4v) is 7.10. The number of aromatic nitrogens is 2. The van der Waals surface area contributed by atoms with Gasteiger partial charge in [-0.05, 0) is 66.0 Å². The van der Waals surface area contributed by atoms with Crippen LogP contribution < -0.4 is 34.0 Å². The topological polar surface area (TPSA) is 128 Å². The summed E-state index contributed by atoms with van der Waals surface area (Å²) >= 11 is 1.25. The smallest absolute Gasteiger partial charge is 0.261 e. The minimum absolute atomic E-state index is 0.329. The Morgan fingerprint density at radius 2 is 1.83 bits per heavy atom. The number of rotatable bonds is 10. The van der Waals surface area contributed by atoms with E-state index in [0.29, 0.717) is 64.1 Å². The molecule has 2 aromatic carbocycles. The minimum Gasteiger partial charge on any atom is -0.494 e. The van der Waals surface area contributed by atoms with Crippen LogP contribution in [0, 0.1) is 0 Å². The van der Waals surface area contributed by atoms with Crippen molar-refractivity contribution in [2.75, 3.05) is 93.5 Å². The zero-order valence-corrected chi connectivity index (χ0v) is 29.7. The number of methoxy groups -OCH3 is 1. The number of piperazine rings is 1. The number of anilines is 6. The third kappa shape index (κ3) is 7.38. The Morgan fingerprint density at radius 3 is 2.53 bits per heavy atom. The molecule has 0 bridgehead atoms. The van der Waals surface area contributed by atoms with Crippen LogP contribution in [0.2, 0.25) is 0 Å². The zero-order chi connectivity index (χ0) is 33.1. The van der Waals surface area contributed by atoms with Crippen LogP contribution in [0.1, 0.15) is 25.3 Å². The van der Waals surface area contributed by atoms with Crippen LogP contribution in [0.3, 0.4) is 0 Å². The Hall–Kier alpha value is -3.37. The summed E-state index contributed by atoms with van der Waals surface area (Å²) in [5, 5.41) is 6.64. The van der Waals surface area contributed by atoms with Crippen molar-refractivity contribution in [1.29, 1.82) is 0 Å². The molecule has 6 rings (SSSR count). The van der Waals surface area contributed by atoms with Gasteiger partial charge in [-0.15, -0.1) is 0 Å². The number of benzene rings is 2. The lowest BCUT2D eigenvalue weighted by molar-refractivity contribution is 0.0982. The maximum atomic E-state index is 12.1. The van der Waals surface area contributed by atoms with Gasteiger partial charge in [0.1, 0.15) is 30.5 Å². The first-order valence-corrected chi connectivity index (χ1v) is 17.8. The maximum Gasteiger partial charge on any atom is 0.261 e. The van der Waals surface area contributed by atoms with Crippen molar-refractivity contribution >= 4 is 61.7 Å². The molecule has 2 saturated heterocycles. The monoisotopic (exact) mass is 730 g/mol. The van der Waals surface area contributed by atoms with Gasteiger partial charge in [-0.25, -0.2) is 9.19 Å². The van der Waals surface area contributed by atoms with Gasteiger partial charge in [0.05, 0.1) is 23.0 Å². The standard InChI is InChI=1S/C32H43BrN8O5S/c1-5-21-18-25(28(44-4)19-26(21)41-10-8-22(9-11-41)40-14-12-38(2)13-15-40)36-32-34-20-23(33)31(37-32)35-24-6-7-27-30(46-17-16-45-27)29(24)39(3)47(42)43/h6-7,18-20,22H,5,8-17H2,1-4H3,(H,42,43)(H2,34,35,36,37). The fraction of sp³-hybridized carbons (Fsp3) is 0.500. The van der Waals surface area contributed by atoms with E-state index in [2.05, 4.69) is 72.4 Å². The number of piperidine rings is 1. The second kappa shape index (κ2) is 14.8. The van der Waals surface area contributed by atoms with Gasteiger partial charge in [-0.3, -0.25) is 13.8 Å². The van der Waals surface area contributed by atoms with Gasteiger partial charge in [0.15, 0.2) is 11.5 Å². The fourth-order valence-electron chi connectivity index (χ4n) is 6.47. The van der Waals surface area contributed by atoms with E-state index in [1.165, 1.54) is 22.6 Å². The maximum absolute atomic E-state index is 12.1. The SMILES string of the molecule is CCc1cc(Nc2ncc(Br)c(Nc3ccc4c(c3N(C)S(=O)O)OCCO4)n2)c(OC)cc1N1CCC(N2CCN(C)CC2)CC1. The van der Waals surface area contributed by atoms with Gasteiger partial charge in [0, 0.05) is 70.3 Å². The molecule has 0 amide bonds. The average molecular weight is 732 g/mol. The van der Waals surface area contributed by atoms with E-state index in [-0.39, 0.29) is 0 Å². The third-order valence-corrected chi connectivity index (χ3v) is 10.3. The molecule has 3 N–H and O–H groups in total. The van der Waals surface area contributed by atoms with Gasteiger partial charge < -0.3 is 34.6 Å². The summed E-state index contributed by atoms with van der Waals surface area (Å²) in [6, 6.07) is 8.42. The predicted octanol–water partition coefficient (Wildman–Crippen LogP) is 4.86. The molecule has 0 saturated carbocycles. The molecule has 3 aliphatic heterocycles. The minimum atomic E-state index is -2.30. The molecular weight excluding hydrogens is 688 g/mol. The highest BCUT2D eigenvalue weighted by Gasteiger charge is 2.29. The van der Waals surface area contributed by atoms with E-state index in [1.807, 2.05) is 0 Å². The molecule has 1 unspecified atom stereocenters. The molecule has 13 nitrogen and oxygen atoms in total. The molecule has 0 aliphatic carbocycles. The van der Waals surface area contributed by atoms with Crippen LogP contribution in [0.5, 0.6) is 17.2 Å². The molecule has 0 radical (unpaired) electrons. The molecular formula is C32H43BrN8O5S. The van der Waals surface area contributed by atoms with Crippen LogP contribution in [0.4, 0.5) is 34.5 Å². The van der Waals surface area contributed by atoms with Crippen LogP contribution in [-0.4, -0.2) is 108 Å². The first-order valence-electron chi connectivity index (χ1n) is 16.0. The molecule has 0 spiro atoms. The van der Waals surface area contributed by atoms with E-state index in [4.69, 9.17) is 19.2 Å². The molecule has 4 heterocycles. The van der Waals surface area contributed by atoms with Crippen LogP contribution in [0.15, 0.2) is 34.9 Å². The molecule has 3 aromatic rings. The van der Waals surface area contributed by atoms with E-state index in [0.717, 1.165) is 64.2 Å². The Bertz CT molecular complexity index is 1600. The number of hydrogen-bond donors (Lipinski definition) is 3. The Balaban J connectivity index is 1.22. The van der Waals surface area contributed by atoms with Crippen molar-refractivity contribution in [2.24, 2.45) is 0 Å². The largest absolute Gasteiger partial charge is 0.494 e. The molecule has 2 fully saturated rings. The first kappa shape index (κ1) is 33.5. The number of nitrogens with zero attached hydrogens (tertiary/aromatic N) is 6. The van der Waals surface area contributed by atoms with Gasteiger partial charge in [-0.2, -0.15) is 4.98 Å². The summed E-state index contributed by atoms with van der Waals surface area (Å²) in [6.07, 6.45) is 4.84. The first-order chi connectivity index (χ1) is 22.7. The number of fused-ring (bicyclic) bond motifs is 1. The van der Waals surface area contributed by atoms with Crippen LogP contribution in [-0.2, 0) is 17.7 Å². The van der Waals surface area contributed by atoms with Crippen molar-refractivity contribution in [3.8, 4) is 17.2 Å². The number of halogens is 1. The highest BCUT2D eigenvalue weighted by molar-refractivity contribution is 9.10. The molecule has 3 aliphatic rings. The number of nitrogens with one attached hydrogen (secondary N) is 2. The molecule has 254 valence electrons. The number of hydrogen-bond acceptors (Lipinski definition) is 11. The summed E-state index contributed by atoms with van der Waals surface area (Å²) in [4.78, 5) is 16.8. The quantitative estimate of drug-likeness (QED) is 0.247. The highest BCUT2D eigenvalue weighted by atomic mass is 79.9. The second-order valence-electron chi connectivity index (χ2n) is 11.9. The number of likely N-dealkylation sites (N-methyl/N-ethyl adjacent to an activating group) is 1. The van der Waals surface area contributed by atoms with E-state index in [1.54, 1.807) is 25.4 Å². The number of ether oxygens (including phenoxy) is 3. The molecule has 47 heavy (non-hydrogen) atoms. The van der Waals surface area contributed by atoms with Gasteiger partial charge >= 0.3 is 0 Å². The van der Waals surface area contributed by atoms with Gasteiger partial charge in [0.25, 0.3) is 11.3 Å². The van der Waals surface area contributed by atoms with Crippen molar-refractivity contribution < 1.29 is 23.0 Å². The zero-order valence-electron chi connectivity index (χ0n) is 27.3. The van der Waals surface area contributed by atoms with E-state index >= 15 is 0 Å². The van der Waals surface area contributed by atoms with Crippen molar-refractivity contribution in [3.63, 3.8) is 0 Å². The second-order valence-corrected chi connectivity index (χ2v) is 13.8. The van der Waals surface area contributed by atoms with Crippen molar-refractivity contribution in [1.82, 2.24) is 19.8 Å². The van der Waals surface area contributed by atoms with E-state index < -0.39 is 11.3 Å². The van der Waals surface area contributed by atoms with Crippen LogP contribution >= 0.6 is 15.9 Å². The lowest BCUT2D eigenvalue weighted by Crippen LogP contribution is -2.52. The Morgan fingerprint density at radius 1 is 1.09 bits per heavy atom. The van der Waals surface area contributed by atoms with Crippen molar-refractivity contribution in [3.05, 3.63) is 40.5 Å². The summed E-state index contributed by atoms with van der Waals surface area (Å²) in [7, 11) is 5.39. The number of aryl methyl sites for hydroxylation is 1. The summed E-state index contributed by atoms with van der Waals surface area (Å²) in [6.45, 7) is 9.55. The van der Waals surface area contributed by atoms with Crippen LogP contribution in [0.25, 0.3) is 0 Å². The average Bonchev–Trinajstić information content (AvgIpc) is 3.09. The summed E-state index contributed by atoms with van der Waals surface area (Å²) in [5.41, 5.74) is 4.09. The van der Waals surface area contributed by atoms with Gasteiger partial charge in [-0.1, -0.05) is 6.92 Å². The predicted molar refractivity (Wildman–Crippen MR) is 190 cm³/mol. The highest BCUT2D eigenvalue weighted by Crippen LogP contribution is 2.46. The van der Waals surface area contributed by atoms with E-state index in [9.17, 15) is 8.76 Å². The summed E-state index contributed by atoms with van der Waals surface area (Å²) < 4.78 is 41.2. The lowest BCUT2D eigenvalue weighted by atomic mass is 9.99. The summed E-state index contributed by atoms with van der Waals surface area (Å²) in [5.74, 6) is 2.40.